The van der Waals surface area contributed by atoms with Crippen LogP contribution in [0.5, 0.6) is 5.75 Å². The molecule has 1 heterocycles. The first-order valence-electron chi connectivity index (χ1n) is 9.42. The van der Waals surface area contributed by atoms with Crippen molar-refractivity contribution < 1.29 is 14.3 Å². The van der Waals surface area contributed by atoms with E-state index in [9.17, 15) is 9.59 Å². The molecule has 0 saturated carbocycles. The predicted molar refractivity (Wildman–Crippen MR) is 117 cm³/mol. The summed E-state index contributed by atoms with van der Waals surface area (Å²) in [6.07, 6.45) is 0.105. The Hall–Kier alpha value is -3.33. The van der Waals surface area contributed by atoms with Crippen LogP contribution in [0.3, 0.4) is 0 Å². The first-order valence-corrected chi connectivity index (χ1v) is 10.4. The number of methoxy groups -OCH3 is 1. The average Bonchev–Trinajstić information content (AvgIpc) is 3.14. The molecule has 3 aromatic rings. The van der Waals surface area contributed by atoms with Gasteiger partial charge in [0.25, 0.3) is 0 Å². The molecule has 0 bridgehead atoms. The van der Waals surface area contributed by atoms with Gasteiger partial charge in [0.15, 0.2) is 5.16 Å². The number of benzene rings is 2. The van der Waals surface area contributed by atoms with E-state index in [1.165, 1.54) is 11.8 Å². The molecule has 0 spiro atoms. The molecule has 3 rings (SSSR count). The summed E-state index contributed by atoms with van der Waals surface area (Å²) in [7, 11) is 1.59. The molecule has 2 N–H and O–H groups in total. The highest BCUT2D eigenvalue weighted by atomic mass is 32.2. The molecular weight excluding hydrogens is 402 g/mol. The van der Waals surface area contributed by atoms with Crippen molar-refractivity contribution in [2.45, 2.75) is 25.0 Å². The van der Waals surface area contributed by atoms with E-state index in [0.29, 0.717) is 23.2 Å². The second kappa shape index (κ2) is 10.4. The van der Waals surface area contributed by atoms with E-state index >= 15 is 0 Å². The first kappa shape index (κ1) is 21.4. The molecule has 2 aromatic carbocycles. The molecule has 8 nitrogen and oxygen atoms in total. The quantitative estimate of drug-likeness (QED) is 0.511. The summed E-state index contributed by atoms with van der Waals surface area (Å²) in [5.74, 6) is 1.14. The molecule has 30 heavy (non-hydrogen) atoms. The van der Waals surface area contributed by atoms with Crippen molar-refractivity contribution in [2.75, 3.05) is 23.5 Å². The standard InChI is InChI=1S/C21H23N5O3S/c1-3-26-18(13-19(27)22-15-7-5-4-6-8-15)24-25-21(26)30-14-20(28)23-16-9-11-17(29-2)12-10-16/h4-12H,3,13-14H2,1-2H3,(H,22,27)(H,23,28). The van der Waals surface area contributed by atoms with Crippen molar-refractivity contribution in [3.05, 3.63) is 60.4 Å². The molecule has 156 valence electrons. The molecule has 0 aliphatic heterocycles. The summed E-state index contributed by atoms with van der Waals surface area (Å²) in [6.45, 7) is 2.55. The number of hydrogen-bond donors (Lipinski definition) is 2. The van der Waals surface area contributed by atoms with E-state index in [4.69, 9.17) is 4.74 Å². The minimum absolute atomic E-state index is 0.105. The zero-order valence-corrected chi connectivity index (χ0v) is 17.6. The second-order valence-electron chi connectivity index (χ2n) is 6.30. The minimum atomic E-state index is -0.169. The van der Waals surface area contributed by atoms with Gasteiger partial charge in [-0.2, -0.15) is 0 Å². The summed E-state index contributed by atoms with van der Waals surface area (Å²) < 4.78 is 6.95. The predicted octanol–water partition coefficient (Wildman–Crippen LogP) is 3.22. The molecular formula is C21H23N5O3S. The molecule has 0 aliphatic carbocycles. The zero-order valence-electron chi connectivity index (χ0n) is 16.8. The third-order valence-electron chi connectivity index (χ3n) is 4.19. The third-order valence-corrected chi connectivity index (χ3v) is 5.16. The van der Waals surface area contributed by atoms with Crippen LogP contribution in [0.2, 0.25) is 0 Å². The highest BCUT2D eigenvalue weighted by molar-refractivity contribution is 7.99. The molecule has 2 amide bonds. The highest BCUT2D eigenvalue weighted by Crippen LogP contribution is 2.19. The lowest BCUT2D eigenvalue weighted by atomic mass is 10.3. The van der Waals surface area contributed by atoms with Crippen LogP contribution < -0.4 is 15.4 Å². The number of carbonyl (C=O) groups is 2. The summed E-state index contributed by atoms with van der Waals surface area (Å²) >= 11 is 1.28. The van der Waals surface area contributed by atoms with Crippen LogP contribution >= 0.6 is 11.8 Å². The summed E-state index contributed by atoms with van der Waals surface area (Å²) in [5, 5.41) is 14.6. The highest BCUT2D eigenvalue weighted by Gasteiger charge is 2.16. The van der Waals surface area contributed by atoms with Gasteiger partial charge in [0.1, 0.15) is 11.6 Å². The van der Waals surface area contributed by atoms with Crippen LogP contribution in [0, 0.1) is 0 Å². The van der Waals surface area contributed by atoms with Crippen molar-refractivity contribution in [3.8, 4) is 5.75 Å². The summed E-state index contributed by atoms with van der Waals surface area (Å²) in [4.78, 5) is 24.5. The van der Waals surface area contributed by atoms with Crippen LogP contribution in [-0.4, -0.2) is 39.4 Å². The number of amides is 2. The summed E-state index contributed by atoms with van der Waals surface area (Å²) in [6, 6.07) is 16.4. The van der Waals surface area contributed by atoms with Crippen molar-refractivity contribution in [1.29, 1.82) is 0 Å². The van der Waals surface area contributed by atoms with Crippen LogP contribution in [0.15, 0.2) is 59.8 Å². The van der Waals surface area contributed by atoms with Crippen molar-refractivity contribution in [3.63, 3.8) is 0 Å². The van der Waals surface area contributed by atoms with Crippen LogP contribution in [0.1, 0.15) is 12.7 Å². The number of ether oxygens (including phenoxy) is 1. The molecule has 0 aliphatic rings. The van der Waals surface area contributed by atoms with Crippen LogP contribution in [0.25, 0.3) is 0 Å². The maximum absolute atomic E-state index is 12.3. The van der Waals surface area contributed by atoms with E-state index in [2.05, 4.69) is 20.8 Å². The fraction of sp³-hybridized carbons (Fsp3) is 0.238. The van der Waals surface area contributed by atoms with Gasteiger partial charge in [-0.1, -0.05) is 30.0 Å². The number of nitrogens with zero attached hydrogens (tertiary/aromatic N) is 3. The molecule has 0 radical (unpaired) electrons. The fourth-order valence-corrected chi connectivity index (χ4v) is 3.57. The second-order valence-corrected chi connectivity index (χ2v) is 7.24. The first-order chi connectivity index (χ1) is 14.6. The maximum atomic E-state index is 12.3. The Morgan fingerprint density at radius 1 is 0.967 bits per heavy atom. The van der Waals surface area contributed by atoms with E-state index in [-0.39, 0.29) is 24.0 Å². The van der Waals surface area contributed by atoms with Gasteiger partial charge in [-0.15, -0.1) is 10.2 Å². The summed E-state index contributed by atoms with van der Waals surface area (Å²) in [5.41, 5.74) is 1.42. The van der Waals surface area contributed by atoms with E-state index < -0.39 is 0 Å². The molecule has 0 atom stereocenters. The number of rotatable bonds is 9. The van der Waals surface area contributed by atoms with E-state index in [1.54, 1.807) is 31.4 Å². The molecule has 0 unspecified atom stereocenters. The van der Waals surface area contributed by atoms with Gasteiger partial charge in [-0.05, 0) is 43.3 Å². The fourth-order valence-electron chi connectivity index (χ4n) is 2.75. The van der Waals surface area contributed by atoms with Crippen molar-refractivity contribution >= 4 is 35.0 Å². The number of para-hydroxylation sites is 1. The Balaban J connectivity index is 1.55. The normalized spacial score (nSPS) is 10.5. The number of nitrogens with one attached hydrogen (secondary N) is 2. The smallest absolute Gasteiger partial charge is 0.234 e. The van der Waals surface area contributed by atoms with E-state index in [0.717, 1.165) is 11.4 Å². The average molecular weight is 426 g/mol. The van der Waals surface area contributed by atoms with Gasteiger partial charge in [-0.3, -0.25) is 9.59 Å². The Kier molecular flexibility index (Phi) is 7.45. The Labute approximate surface area is 179 Å². The van der Waals surface area contributed by atoms with Gasteiger partial charge >= 0.3 is 0 Å². The minimum Gasteiger partial charge on any atom is -0.497 e. The van der Waals surface area contributed by atoms with Gasteiger partial charge in [0.2, 0.25) is 11.8 Å². The molecule has 0 saturated heterocycles. The van der Waals surface area contributed by atoms with Crippen molar-refractivity contribution in [1.82, 2.24) is 14.8 Å². The molecule has 0 fully saturated rings. The lowest BCUT2D eigenvalue weighted by Gasteiger charge is -2.09. The van der Waals surface area contributed by atoms with Gasteiger partial charge in [-0.25, -0.2) is 0 Å². The largest absolute Gasteiger partial charge is 0.497 e. The maximum Gasteiger partial charge on any atom is 0.234 e. The topological polar surface area (TPSA) is 98.1 Å². The lowest BCUT2D eigenvalue weighted by molar-refractivity contribution is -0.116. The molecule has 9 heteroatoms. The van der Waals surface area contributed by atoms with Crippen LogP contribution in [-0.2, 0) is 22.6 Å². The monoisotopic (exact) mass is 425 g/mol. The van der Waals surface area contributed by atoms with Gasteiger partial charge in [0, 0.05) is 17.9 Å². The van der Waals surface area contributed by atoms with Gasteiger partial charge in [0.05, 0.1) is 19.3 Å². The number of hydrogen-bond acceptors (Lipinski definition) is 6. The lowest BCUT2D eigenvalue weighted by Crippen LogP contribution is -2.18. The number of thioether (sulfide) groups is 1. The number of aromatic nitrogens is 3. The Bertz CT molecular complexity index is 990. The SMILES string of the molecule is CCn1c(CC(=O)Nc2ccccc2)nnc1SCC(=O)Nc1ccc(OC)cc1. The Morgan fingerprint density at radius 2 is 1.63 bits per heavy atom. The van der Waals surface area contributed by atoms with E-state index in [1.807, 2.05) is 41.8 Å². The third kappa shape index (κ3) is 5.84. The molecule has 1 aromatic heterocycles. The number of anilines is 2. The van der Waals surface area contributed by atoms with Crippen LogP contribution in [0.4, 0.5) is 11.4 Å². The zero-order chi connectivity index (χ0) is 21.3. The van der Waals surface area contributed by atoms with Gasteiger partial charge < -0.3 is 19.9 Å². The Morgan fingerprint density at radius 3 is 2.30 bits per heavy atom. The number of carbonyl (C=O) groups excluding carboxylic acids is 2. The van der Waals surface area contributed by atoms with Crippen molar-refractivity contribution in [2.24, 2.45) is 0 Å².